The second-order valence-corrected chi connectivity index (χ2v) is 8.98. The Balaban J connectivity index is 1.65. The van der Waals surface area contributed by atoms with E-state index < -0.39 is 10.9 Å². The quantitative estimate of drug-likeness (QED) is 0.142. The van der Waals surface area contributed by atoms with Crippen LogP contribution in [0.3, 0.4) is 0 Å². The number of hydrogen-bond acceptors (Lipinski definition) is 7. The molecule has 8 nitrogen and oxygen atoms in total. The Hall–Kier alpha value is -3.72. The maximum Gasteiger partial charge on any atom is 0.341 e. The molecule has 184 valence electrons. The van der Waals surface area contributed by atoms with Crippen LogP contribution in [0.2, 0.25) is 0 Å². The number of ether oxygens (including phenoxy) is 2. The predicted octanol–water partition coefficient (Wildman–Crippen LogP) is 6.42. The number of benzene rings is 2. The molecule has 1 aromatic heterocycles. The fraction of sp³-hybridized carbons (Fsp3) is 0.308. The molecule has 1 N–H and O–H groups in total. The van der Waals surface area contributed by atoms with Crippen LogP contribution in [0.15, 0.2) is 53.9 Å². The number of non-ortho nitro benzene ring substituents is 1. The van der Waals surface area contributed by atoms with Crippen LogP contribution in [-0.4, -0.2) is 30.0 Å². The predicted molar refractivity (Wildman–Crippen MR) is 136 cm³/mol. The normalized spacial score (nSPS) is 10.7. The van der Waals surface area contributed by atoms with Gasteiger partial charge in [-0.25, -0.2) is 4.79 Å². The number of rotatable bonds is 11. The summed E-state index contributed by atoms with van der Waals surface area (Å²) in [5, 5.41) is 16.0. The first-order valence-corrected chi connectivity index (χ1v) is 12.2. The van der Waals surface area contributed by atoms with Crippen LogP contribution in [0, 0.1) is 10.1 Å². The van der Waals surface area contributed by atoms with Gasteiger partial charge in [-0.2, -0.15) is 0 Å². The summed E-state index contributed by atoms with van der Waals surface area (Å²) < 4.78 is 10.9. The molecule has 0 bridgehead atoms. The lowest BCUT2D eigenvalue weighted by molar-refractivity contribution is -0.384. The minimum Gasteiger partial charge on any atom is -0.494 e. The number of nitrogens with one attached hydrogen (secondary N) is 1. The molecule has 0 aliphatic heterocycles. The Labute approximate surface area is 208 Å². The summed E-state index contributed by atoms with van der Waals surface area (Å²) in [5.41, 5.74) is 2.30. The summed E-state index contributed by atoms with van der Waals surface area (Å²) in [7, 11) is 0. The molecule has 0 radical (unpaired) electrons. The molecule has 0 fully saturated rings. The maximum absolute atomic E-state index is 12.7. The van der Waals surface area contributed by atoms with Crippen LogP contribution >= 0.6 is 11.3 Å². The largest absolute Gasteiger partial charge is 0.494 e. The van der Waals surface area contributed by atoms with E-state index in [2.05, 4.69) is 19.2 Å². The molecule has 0 aliphatic rings. The van der Waals surface area contributed by atoms with Gasteiger partial charge in [-0.3, -0.25) is 14.9 Å². The second-order valence-electron chi connectivity index (χ2n) is 8.11. The van der Waals surface area contributed by atoms with Gasteiger partial charge in [-0.05, 0) is 42.5 Å². The lowest BCUT2D eigenvalue weighted by Gasteiger charge is -2.10. The molecule has 2 aromatic carbocycles. The van der Waals surface area contributed by atoms with Gasteiger partial charge in [-0.1, -0.05) is 38.1 Å². The minimum absolute atomic E-state index is 0.0899. The first kappa shape index (κ1) is 25.9. The molecule has 1 heterocycles. The number of nitro groups is 1. The van der Waals surface area contributed by atoms with E-state index in [-0.39, 0.29) is 30.2 Å². The Kier molecular flexibility index (Phi) is 8.97. The van der Waals surface area contributed by atoms with Crippen molar-refractivity contribution in [3.63, 3.8) is 0 Å². The van der Waals surface area contributed by atoms with E-state index >= 15 is 0 Å². The average Bonchev–Trinajstić information content (AvgIpc) is 3.26. The number of thiophene rings is 1. The minimum atomic E-state index is -0.598. The molecule has 0 unspecified atom stereocenters. The maximum atomic E-state index is 12.7. The third-order valence-corrected chi connectivity index (χ3v) is 6.15. The lowest BCUT2D eigenvalue weighted by Crippen LogP contribution is -2.15. The monoisotopic (exact) mass is 496 g/mol. The zero-order valence-corrected chi connectivity index (χ0v) is 20.7. The van der Waals surface area contributed by atoms with Crippen LogP contribution in [0.5, 0.6) is 5.75 Å². The molecule has 35 heavy (non-hydrogen) atoms. The van der Waals surface area contributed by atoms with E-state index in [1.54, 1.807) is 24.4 Å². The lowest BCUT2D eigenvalue weighted by atomic mass is 10.0. The zero-order valence-electron chi connectivity index (χ0n) is 19.9. The molecule has 3 rings (SSSR count). The highest BCUT2D eigenvalue weighted by molar-refractivity contribution is 7.15. The van der Waals surface area contributed by atoms with Gasteiger partial charge in [-0.15, -0.1) is 11.3 Å². The number of anilines is 1. The van der Waals surface area contributed by atoms with Crippen LogP contribution in [0.4, 0.5) is 10.7 Å². The topological polar surface area (TPSA) is 108 Å². The van der Waals surface area contributed by atoms with Gasteiger partial charge in [0.1, 0.15) is 16.3 Å². The standard InChI is InChI=1S/C26H28N2O6S/c1-4-33-26(30)24-22(19-7-5-8-20(15-19)28(31)32)16-35-25(24)27-23(29)9-6-14-34-21-12-10-18(11-13-21)17(2)3/h5,7-8,10-13,15-17H,4,6,9,14H2,1-3H3,(H,27,29). The van der Waals surface area contributed by atoms with Crippen molar-refractivity contribution in [2.75, 3.05) is 18.5 Å². The summed E-state index contributed by atoms with van der Waals surface area (Å²) in [4.78, 5) is 35.9. The zero-order chi connectivity index (χ0) is 25.4. The smallest absolute Gasteiger partial charge is 0.341 e. The fourth-order valence-corrected chi connectivity index (χ4v) is 4.39. The molecule has 0 saturated carbocycles. The summed E-state index contributed by atoms with van der Waals surface area (Å²) in [5.74, 6) is 0.335. The molecule has 0 aliphatic carbocycles. The highest BCUT2D eigenvalue weighted by atomic mass is 32.1. The van der Waals surface area contributed by atoms with E-state index in [4.69, 9.17) is 9.47 Å². The molecule has 3 aromatic rings. The number of hydrogen-bond donors (Lipinski definition) is 1. The van der Waals surface area contributed by atoms with Crippen LogP contribution in [0.25, 0.3) is 11.1 Å². The van der Waals surface area contributed by atoms with Gasteiger partial charge in [0, 0.05) is 29.5 Å². The van der Waals surface area contributed by atoms with Crippen molar-refractivity contribution in [2.45, 2.75) is 39.5 Å². The molecular formula is C26H28N2O6S. The van der Waals surface area contributed by atoms with Crippen molar-refractivity contribution in [1.29, 1.82) is 0 Å². The highest BCUT2D eigenvalue weighted by Gasteiger charge is 2.23. The number of nitrogens with zero attached hydrogens (tertiary/aromatic N) is 1. The summed E-state index contributed by atoms with van der Waals surface area (Å²) in [6.45, 7) is 6.48. The van der Waals surface area contributed by atoms with Crippen LogP contribution < -0.4 is 10.1 Å². The van der Waals surface area contributed by atoms with E-state index in [0.717, 1.165) is 5.75 Å². The van der Waals surface area contributed by atoms with Gasteiger partial charge in [0.05, 0.1) is 18.1 Å². The third-order valence-electron chi connectivity index (χ3n) is 5.26. The van der Waals surface area contributed by atoms with Crippen molar-refractivity contribution < 1.29 is 24.0 Å². The SMILES string of the molecule is CCOC(=O)c1c(-c2cccc([N+](=O)[O-])c2)csc1NC(=O)CCCOc1ccc(C(C)C)cc1. The molecule has 9 heteroatoms. The van der Waals surface area contributed by atoms with Crippen molar-refractivity contribution in [1.82, 2.24) is 0 Å². The summed E-state index contributed by atoms with van der Waals surface area (Å²) >= 11 is 1.17. The Morgan fingerprint density at radius 2 is 1.89 bits per heavy atom. The van der Waals surface area contributed by atoms with E-state index in [0.29, 0.717) is 35.1 Å². The number of amides is 1. The highest BCUT2D eigenvalue weighted by Crippen LogP contribution is 2.37. The van der Waals surface area contributed by atoms with Crippen molar-refractivity contribution in [3.8, 4) is 16.9 Å². The van der Waals surface area contributed by atoms with Gasteiger partial charge < -0.3 is 14.8 Å². The van der Waals surface area contributed by atoms with Crippen LogP contribution in [-0.2, 0) is 9.53 Å². The second kappa shape index (κ2) is 12.1. The average molecular weight is 497 g/mol. The van der Waals surface area contributed by atoms with E-state index in [1.165, 1.54) is 29.0 Å². The van der Waals surface area contributed by atoms with Crippen LogP contribution in [0.1, 0.15) is 55.5 Å². The summed E-state index contributed by atoms with van der Waals surface area (Å²) in [6.07, 6.45) is 0.700. The molecule has 0 saturated heterocycles. The molecular weight excluding hydrogens is 468 g/mol. The van der Waals surface area contributed by atoms with Crippen molar-refractivity contribution in [2.24, 2.45) is 0 Å². The molecule has 1 amide bonds. The van der Waals surface area contributed by atoms with Gasteiger partial charge in [0.15, 0.2) is 0 Å². The van der Waals surface area contributed by atoms with Gasteiger partial charge in [0.25, 0.3) is 5.69 Å². The fourth-order valence-electron chi connectivity index (χ4n) is 3.42. The number of carbonyl (C=O) groups excluding carboxylic acids is 2. The number of esters is 1. The third kappa shape index (κ3) is 6.89. The Morgan fingerprint density at radius 1 is 1.14 bits per heavy atom. The number of nitro benzene ring substituents is 1. The summed E-state index contributed by atoms with van der Waals surface area (Å²) in [6, 6.07) is 13.9. The van der Waals surface area contributed by atoms with Crippen molar-refractivity contribution >= 4 is 33.9 Å². The first-order valence-electron chi connectivity index (χ1n) is 11.4. The van der Waals surface area contributed by atoms with E-state index in [9.17, 15) is 19.7 Å². The van der Waals surface area contributed by atoms with E-state index in [1.807, 2.05) is 24.3 Å². The number of carbonyl (C=O) groups is 2. The van der Waals surface area contributed by atoms with Gasteiger partial charge >= 0.3 is 5.97 Å². The Morgan fingerprint density at radius 3 is 2.54 bits per heavy atom. The van der Waals surface area contributed by atoms with Gasteiger partial charge in [0.2, 0.25) is 5.91 Å². The van der Waals surface area contributed by atoms with Crippen molar-refractivity contribution in [3.05, 3.63) is 75.2 Å². The Bertz CT molecular complexity index is 1190. The molecule has 0 atom stereocenters. The first-order chi connectivity index (χ1) is 16.8. The molecule has 0 spiro atoms.